The zero-order chi connectivity index (χ0) is 15.1. The molecule has 0 aliphatic carbocycles. The second-order valence-electron chi connectivity index (χ2n) is 4.96. The van der Waals surface area contributed by atoms with Crippen molar-refractivity contribution in [2.75, 3.05) is 0 Å². The topological polar surface area (TPSA) is 69.6 Å². The lowest BCUT2D eigenvalue weighted by Crippen LogP contribution is -2.36. The summed E-state index contributed by atoms with van der Waals surface area (Å²) in [4.78, 5) is 11.3. The molecule has 110 valence electrons. The minimum absolute atomic E-state index is 0.218. The van der Waals surface area contributed by atoms with E-state index in [9.17, 15) is 15.0 Å². The highest BCUT2D eigenvalue weighted by atomic mass is 16.4. The summed E-state index contributed by atoms with van der Waals surface area (Å²) in [5.41, 5.74) is 2.08. The molecule has 0 bridgehead atoms. The van der Waals surface area contributed by atoms with E-state index in [1.165, 1.54) is 0 Å². The van der Waals surface area contributed by atoms with Gasteiger partial charge >= 0.3 is 5.97 Å². The van der Waals surface area contributed by atoms with E-state index in [1.807, 2.05) is 42.5 Å². The van der Waals surface area contributed by atoms with Gasteiger partial charge in [0.15, 0.2) is 0 Å². The Morgan fingerprint density at radius 1 is 1.00 bits per heavy atom. The lowest BCUT2D eigenvalue weighted by molar-refractivity contribution is -0.139. The van der Waals surface area contributed by atoms with Crippen LogP contribution in [-0.4, -0.2) is 22.2 Å². The first kappa shape index (κ1) is 15.1. The van der Waals surface area contributed by atoms with Crippen LogP contribution in [0.2, 0.25) is 0 Å². The Morgan fingerprint density at radius 2 is 1.67 bits per heavy atom. The number of benzene rings is 2. The van der Waals surface area contributed by atoms with Crippen molar-refractivity contribution in [1.29, 1.82) is 0 Å². The molecule has 0 radical (unpaired) electrons. The molecule has 0 aliphatic heterocycles. The lowest BCUT2D eigenvalue weighted by Gasteiger charge is -2.14. The molecule has 0 heterocycles. The van der Waals surface area contributed by atoms with Crippen LogP contribution in [0.5, 0.6) is 5.75 Å². The third-order valence-electron chi connectivity index (χ3n) is 3.35. The largest absolute Gasteiger partial charge is 0.508 e. The van der Waals surface area contributed by atoms with E-state index in [-0.39, 0.29) is 5.75 Å². The van der Waals surface area contributed by atoms with Crippen LogP contribution in [0.4, 0.5) is 0 Å². The number of aliphatic carboxylic acids is 1. The predicted octanol–water partition coefficient (Wildman–Crippen LogP) is 2.57. The van der Waals surface area contributed by atoms with Gasteiger partial charge in [-0.05, 0) is 36.1 Å². The van der Waals surface area contributed by atoms with Crippen LogP contribution in [0.25, 0.3) is 0 Å². The number of nitrogens with one attached hydrogen (secondary N) is 1. The van der Waals surface area contributed by atoms with Gasteiger partial charge in [0.05, 0.1) is 0 Å². The van der Waals surface area contributed by atoms with Crippen molar-refractivity contribution in [2.45, 2.75) is 25.4 Å². The molecule has 0 saturated heterocycles. The van der Waals surface area contributed by atoms with Gasteiger partial charge in [0, 0.05) is 6.54 Å². The maximum atomic E-state index is 11.3. The Labute approximate surface area is 124 Å². The van der Waals surface area contributed by atoms with Crippen molar-refractivity contribution in [3.63, 3.8) is 0 Å². The summed E-state index contributed by atoms with van der Waals surface area (Å²) >= 11 is 0. The van der Waals surface area contributed by atoms with Gasteiger partial charge in [0.2, 0.25) is 0 Å². The number of carbonyl (C=O) groups is 1. The van der Waals surface area contributed by atoms with Crippen molar-refractivity contribution in [3.8, 4) is 5.75 Å². The van der Waals surface area contributed by atoms with Gasteiger partial charge < -0.3 is 15.5 Å². The molecule has 2 rings (SSSR count). The molecule has 0 unspecified atom stereocenters. The fraction of sp³-hybridized carbons (Fsp3) is 0.235. The van der Waals surface area contributed by atoms with Crippen LogP contribution < -0.4 is 5.32 Å². The molecule has 1 atom stereocenters. The van der Waals surface area contributed by atoms with E-state index < -0.39 is 12.0 Å². The number of hydrogen-bond donors (Lipinski definition) is 3. The highest BCUT2D eigenvalue weighted by Crippen LogP contribution is 2.12. The lowest BCUT2D eigenvalue weighted by atomic mass is 10.0. The van der Waals surface area contributed by atoms with Crippen LogP contribution in [0.3, 0.4) is 0 Å². The van der Waals surface area contributed by atoms with Gasteiger partial charge in [0.25, 0.3) is 0 Å². The Morgan fingerprint density at radius 3 is 2.29 bits per heavy atom. The summed E-state index contributed by atoms with van der Waals surface area (Å²) in [5.74, 6) is -0.625. The first-order chi connectivity index (χ1) is 10.1. The van der Waals surface area contributed by atoms with E-state index in [0.29, 0.717) is 19.4 Å². The molecule has 0 aromatic heterocycles. The van der Waals surface area contributed by atoms with Crippen molar-refractivity contribution >= 4 is 5.97 Å². The van der Waals surface area contributed by atoms with Crippen LogP contribution in [0.1, 0.15) is 17.5 Å². The number of hydrogen-bond acceptors (Lipinski definition) is 3. The molecule has 21 heavy (non-hydrogen) atoms. The zero-order valence-electron chi connectivity index (χ0n) is 11.7. The van der Waals surface area contributed by atoms with Crippen LogP contribution in [-0.2, 0) is 17.8 Å². The van der Waals surface area contributed by atoms with Crippen molar-refractivity contribution < 1.29 is 15.0 Å². The SMILES string of the molecule is O=C(O)[C@H](CCc1ccc(O)cc1)NCc1ccccc1. The van der Waals surface area contributed by atoms with E-state index in [2.05, 4.69) is 5.32 Å². The number of rotatable bonds is 7. The Bertz CT molecular complexity index is 566. The standard InChI is InChI=1S/C17H19NO3/c19-15-9-6-13(7-10-15)8-11-16(17(20)21)18-12-14-4-2-1-3-5-14/h1-7,9-10,16,18-19H,8,11-12H2,(H,20,21)/t16-/m0/s1. The summed E-state index contributed by atoms with van der Waals surface area (Å²) < 4.78 is 0. The third-order valence-corrected chi connectivity index (χ3v) is 3.35. The molecule has 0 saturated carbocycles. The summed E-state index contributed by atoms with van der Waals surface area (Å²) in [6, 6.07) is 16.0. The van der Waals surface area contributed by atoms with Gasteiger partial charge in [-0.25, -0.2) is 0 Å². The summed E-state index contributed by atoms with van der Waals surface area (Å²) in [6.45, 7) is 0.535. The van der Waals surface area contributed by atoms with E-state index >= 15 is 0 Å². The fourth-order valence-corrected chi connectivity index (χ4v) is 2.12. The highest BCUT2D eigenvalue weighted by molar-refractivity contribution is 5.73. The first-order valence-electron chi connectivity index (χ1n) is 6.93. The quantitative estimate of drug-likeness (QED) is 0.731. The van der Waals surface area contributed by atoms with E-state index in [4.69, 9.17) is 0 Å². The molecule has 2 aromatic rings. The number of aromatic hydroxyl groups is 1. The Kier molecular flexibility index (Phi) is 5.35. The molecule has 4 nitrogen and oxygen atoms in total. The van der Waals surface area contributed by atoms with Crippen LogP contribution in [0.15, 0.2) is 54.6 Å². The van der Waals surface area contributed by atoms with Gasteiger partial charge in [-0.3, -0.25) is 4.79 Å². The number of carboxylic acids is 1. The average molecular weight is 285 g/mol. The molecular formula is C17H19NO3. The number of phenolic OH excluding ortho intramolecular Hbond substituents is 1. The molecular weight excluding hydrogens is 266 g/mol. The predicted molar refractivity (Wildman–Crippen MR) is 81.1 cm³/mol. The Balaban J connectivity index is 1.87. The maximum Gasteiger partial charge on any atom is 0.320 e. The molecule has 4 heteroatoms. The zero-order valence-corrected chi connectivity index (χ0v) is 11.7. The van der Waals surface area contributed by atoms with E-state index in [1.54, 1.807) is 12.1 Å². The second-order valence-corrected chi connectivity index (χ2v) is 4.96. The summed E-state index contributed by atoms with van der Waals surface area (Å²) in [5, 5.41) is 21.6. The van der Waals surface area contributed by atoms with Crippen molar-refractivity contribution in [1.82, 2.24) is 5.32 Å². The summed E-state index contributed by atoms with van der Waals surface area (Å²) in [6.07, 6.45) is 1.16. The number of aryl methyl sites for hydroxylation is 1. The Hall–Kier alpha value is -2.33. The molecule has 0 amide bonds. The summed E-state index contributed by atoms with van der Waals surface area (Å²) in [7, 11) is 0. The average Bonchev–Trinajstić information content (AvgIpc) is 2.49. The van der Waals surface area contributed by atoms with Gasteiger partial charge in [-0.15, -0.1) is 0 Å². The van der Waals surface area contributed by atoms with Gasteiger partial charge in [0.1, 0.15) is 11.8 Å². The maximum absolute atomic E-state index is 11.3. The molecule has 2 aromatic carbocycles. The molecule has 3 N–H and O–H groups in total. The third kappa shape index (κ3) is 4.93. The first-order valence-corrected chi connectivity index (χ1v) is 6.93. The van der Waals surface area contributed by atoms with E-state index in [0.717, 1.165) is 11.1 Å². The second kappa shape index (κ2) is 7.45. The van der Waals surface area contributed by atoms with Gasteiger partial charge in [-0.1, -0.05) is 42.5 Å². The van der Waals surface area contributed by atoms with Crippen LogP contribution >= 0.6 is 0 Å². The van der Waals surface area contributed by atoms with Crippen molar-refractivity contribution in [2.24, 2.45) is 0 Å². The molecule has 0 fully saturated rings. The fourth-order valence-electron chi connectivity index (χ4n) is 2.12. The minimum atomic E-state index is -0.843. The highest BCUT2D eigenvalue weighted by Gasteiger charge is 2.16. The molecule has 0 aliphatic rings. The number of phenols is 1. The normalized spacial score (nSPS) is 12.0. The van der Waals surface area contributed by atoms with Crippen LogP contribution in [0, 0.1) is 0 Å². The molecule has 0 spiro atoms. The number of carboxylic acid groups (broad SMARTS) is 1. The minimum Gasteiger partial charge on any atom is -0.508 e. The smallest absolute Gasteiger partial charge is 0.320 e. The van der Waals surface area contributed by atoms with Crippen molar-refractivity contribution in [3.05, 3.63) is 65.7 Å². The van der Waals surface area contributed by atoms with Gasteiger partial charge in [-0.2, -0.15) is 0 Å². The monoisotopic (exact) mass is 285 g/mol.